The molecule has 0 fully saturated rings. The van der Waals surface area contributed by atoms with Gasteiger partial charge in [0.05, 0.1) is 23.6 Å². The summed E-state index contributed by atoms with van der Waals surface area (Å²) in [6.45, 7) is 0.477. The van der Waals surface area contributed by atoms with E-state index in [-0.39, 0.29) is 11.8 Å². The average Bonchev–Trinajstić information content (AvgIpc) is 3.11. The first-order chi connectivity index (χ1) is 12.3. The number of nitrogens with zero attached hydrogens (tertiary/aromatic N) is 3. The molecule has 1 unspecified atom stereocenters. The molecule has 0 bridgehead atoms. The Balaban J connectivity index is 1.42. The van der Waals surface area contributed by atoms with Gasteiger partial charge in [0.15, 0.2) is 0 Å². The van der Waals surface area contributed by atoms with E-state index in [9.17, 15) is 4.79 Å². The average molecular weight is 350 g/mol. The lowest BCUT2D eigenvalue weighted by Gasteiger charge is -2.20. The minimum absolute atomic E-state index is 0.00763. The van der Waals surface area contributed by atoms with E-state index >= 15 is 0 Å². The molecule has 0 aliphatic heterocycles. The van der Waals surface area contributed by atoms with E-state index in [4.69, 9.17) is 4.98 Å². The van der Waals surface area contributed by atoms with Gasteiger partial charge in [-0.3, -0.25) is 14.8 Å². The number of nitrogens with one attached hydrogen (secondary N) is 1. The molecule has 0 radical (unpaired) electrons. The molecule has 3 aromatic heterocycles. The fourth-order valence-electron chi connectivity index (χ4n) is 3.02. The number of aromatic nitrogens is 3. The zero-order chi connectivity index (χ0) is 17.1. The summed E-state index contributed by atoms with van der Waals surface area (Å²) in [7, 11) is 0. The van der Waals surface area contributed by atoms with E-state index in [0.717, 1.165) is 41.4 Å². The standard InChI is InChI=1S/C19H18N4OS/c24-18(22-12-14-5-1-3-9-20-14)13-7-8-15-17(11-13)25-19(23-15)16-6-2-4-10-21-16/h1-6,9-10,13H,7-8,11-12H2,(H,22,24). The van der Waals surface area contributed by atoms with Crippen LogP contribution in [0.25, 0.3) is 10.7 Å². The quantitative estimate of drug-likeness (QED) is 0.785. The van der Waals surface area contributed by atoms with Crippen LogP contribution in [0.15, 0.2) is 48.8 Å². The Bertz CT molecular complexity index is 864. The molecule has 126 valence electrons. The van der Waals surface area contributed by atoms with Crippen LogP contribution in [0.3, 0.4) is 0 Å². The minimum Gasteiger partial charge on any atom is -0.350 e. The van der Waals surface area contributed by atoms with Crippen LogP contribution in [-0.2, 0) is 24.2 Å². The van der Waals surface area contributed by atoms with E-state index < -0.39 is 0 Å². The van der Waals surface area contributed by atoms with Crippen LogP contribution < -0.4 is 5.32 Å². The molecule has 3 aromatic rings. The van der Waals surface area contributed by atoms with Gasteiger partial charge in [-0.25, -0.2) is 4.98 Å². The summed E-state index contributed by atoms with van der Waals surface area (Å²) < 4.78 is 0. The Hall–Kier alpha value is -2.60. The second kappa shape index (κ2) is 7.11. The first-order valence-corrected chi connectivity index (χ1v) is 9.19. The highest BCUT2D eigenvalue weighted by molar-refractivity contribution is 7.15. The third kappa shape index (κ3) is 3.58. The van der Waals surface area contributed by atoms with Crippen LogP contribution in [-0.4, -0.2) is 20.9 Å². The maximum atomic E-state index is 12.5. The van der Waals surface area contributed by atoms with Gasteiger partial charge in [0.25, 0.3) is 0 Å². The van der Waals surface area contributed by atoms with Crippen LogP contribution in [0.5, 0.6) is 0 Å². The van der Waals surface area contributed by atoms with E-state index in [2.05, 4.69) is 15.3 Å². The molecule has 0 saturated carbocycles. The summed E-state index contributed by atoms with van der Waals surface area (Å²) in [5.74, 6) is 0.109. The van der Waals surface area contributed by atoms with Crippen molar-refractivity contribution in [3.8, 4) is 10.7 Å². The molecule has 25 heavy (non-hydrogen) atoms. The van der Waals surface area contributed by atoms with Gasteiger partial charge >= 0.3 is 0 Å². The second-order valence-electron chi connectivity index (χ2n) is 6.08. The first-order valence-electron chi connectivity index (χ1n) is 8.37. The molecule has 1 aliphatic carbocycles. The Morgan fingerprint density at radius 3 is 2.76 bits per heavy atom. The lowest BCUT2D eigenvalue weighted by atomic mass is 9.90. The maximum absolute atomic E-state index is 12.5. The van der Waals surface area contributed by atoms with Crippen molar-refractivity contribution >= 4 is 17.2 Å². The fourth-order valence-corrected chi connectivity index (χ4v) is 4.19. The van der Waals surface area contributed by atoms with Gasteiger partial charge in [0.2, 0.25) is 5.91 Å². The molecule has 3 heterocycles. The van der Waals surface area contributed by atoms with Gasteiger partial charge in [-0.1, -0.05) is 12.1 Å². The third-order valence-corrected chi connectivity index (χ3v) is 5.51. The highest BCUT2D eigenvalue weighted by Crippen LogP contribution is 2.33. The van der Waals surface area contributed by atoms with E-state index in [0.29, 0.717) is 6.54 Å². The summed E-state index contributed by atoms with van der Waals surface area (Å²) in [5, 5.41) is 3.95. The molecule has 1 aliphatic rings. The van der Waals surface area contributed by atoms with Crippen LogP contribution in [0.1, 0.15) is 22.7 Å². The van der Waals surface area contributed by atoms with Gasteiger partial charge < -0.3 is 5.32 Å². The van der Waals surface area contributed by atoms with Crippen molar-refractivity contribution in [1.29, 1.82) is 0 Å². The van der Waals surface area contributed by atoms with Gasteiger partial charge in [0, 0.05) is 23.2 Å². The van der Waals surface area contributed by atoms with Crippen LogP contribution in [0.4, 0.5) is 0 Å². The van der Waals surface area contributed by atoms with Crippen LogP contribution in [0, 0.1) is 5.92 Å². The third-order valence-electron chi connectivity index (χ3n) is 4.36. The smallest absolute Gasteiger partial charge is 0.223 e. The Labute approximate surface area is 150 Å². The Morgan fingerprint density at radius 2 is 2.00 bits per heavy atom. The van der Waals surface area contributed by atoms with Crippen molar-refractivity contribution < 1.29 is 4.79 Å². The number of hydrogen-bond donors (Lipinski definition) is 1. The Morgan fingerprint density at radius 1 is 1.16 bits per heavy atom. The van der Waals surface area contributed by atoms with Crippen molar-refractivity contribution in [2.24, 2.45) is 5.92 Å². The summed E-state index contributed by atoms with van der Waals surface area (Å²) in [4.78, 5) is 27.0. The van der Waals surface area contributed by atoms with Gasteiger partial charge in [0.1, 0.15) is 5.01 Å². The molecule has 0 spiro atoms. The molecule has 4 rings (SSSR count). The van der Waals surface area contributed by atoms with E-state index in [1.54, 1.807) is 23.7 Å². The number of aryl methyl sites for hydroxylation is 1. The highest BCUT2D eigenvalue weighted by Gasteiger charge is 2.27. The SMILES string of the molecule is O=C(NCc1ccccn1)C1CCc2nc(-c3ccccn3)sc2C1. The summed E-state index contributed by atoms with van der Waals surface area (Å²) in [6.07, 6.45) is 5.97. The lowest BCUT2D eigenvalue weighted by Crippen LogP contribution is -2.33. The summed E-state index contributed by atoms with van der Waals surface area (Å²) >= 11 is 1.66. The number of carbonyl (C=O) groups is 1. The fraction of sp³-hybridized carbons (Fsp3) is 0.263. The van der Waals surface area contributed by atoms with Gasteiger partial charge in [-0.2, -0.15) is 0 Å². The molecule has 0 aromatic carbocycles. The molecule has 1 amide bonds. The van der Waals surface area contributed by atoms with E-state index in [1.807, 2.05) is 36.4 Å². The molecule has 1 atom stereocenters. The number of rotatable bonds is 4. The topological polar surface area (TPSA) is 67.8 Å². The first kappa shape index (κ1) is 15.9. The van der Waals surface area contributed by atoms with Crippen molar-refractivity contribution in [2.45, 2.75) is 25.8 Å². The normalized spacial score (nSPS) is 16.2. The molecule has 1 N–H and O–H groups in total. The number of thiazole rings is 1. The zero-order valence-electron chi connectivity index (χ0n) is 13.7. The number of hydrogen-bond acceptors (Lipinski definition) is 5. The number of carbonyl (C=O) groups excluding carboxylic acids is 1. The minimum atomic E-state index is 0.00763. The van der Waals surface area contributed by atoms with Crippen LogP contribution >= 0.6 is 11.3 Å². The van der Waals surface area contributed by atoms with Crippen molar-refractivity contribution in [3.63, 3.8) is 0 Å². The number of amides is 1. The van der Waals surface area contributed by atoms with Crippen LogP contribution in [0.2, 0.25) is 0 Å². The van der Waals surface area contributed by atoms with E-state index in [1.165, 1.54) is 4.88 Å². The van der Waals surface area contributed by atoms with Crippen molar-refractivity contribution in [3.05, 3.63) is 65.1 Å². The molecule has 5 nitrogen and oxygen atoms in total. The predicted molar refractivity (Wildman–Crippen MR) is 96.9 cm³/mol. The van der Waals surface area contributed by atoms with Gasteiger partial charge in [-0.05, 0) is 43.5 Å². The highest BCUT2D eigenvalue weighted by atomic mass is 32.1. The monoisotopic (exact) mass is 350 g/mol. The summed E-state index contributed by atoms with van der Waals surface area (Å²) in [5.41, 5.74) is 2.90. The maximum Gasteiger partial charge on any atom is 0.223 e. The summed E-state index contributed by atoms with van der Waals surface area (Å²) in [6, 6.07) is 11.6. The second-order valence-corrected chi connectivity index (χ2v) is 7.17. The molecule has 6 heteroatoms. The predicted octanol–water partition coefficient (Wildman–Crippen LogP) is 3.02. The number of pyridine rings is 2. The molecular formula is C19H18N4OS. The molecule has 0 saturated heterocycles. The lowest BCUT2D eigenvalue weighted by molar-refractivity contribution is -0.125. The Kier molecular flexibility index (Phi) is 4.52. The number of fused-ring (bicyclic) bond motifs is 1. The zero-order valence-corrected chi connectivity index (χ0v) is 14.5. The van der Waals surface area contributed by atoms with Crippen molar-refractivity contribution in [1.82, 2.24) is 20.3 Å². The molecular weight excluding hydrogens is 332 g/mol. The van der Waals surface area contributed by atoms with Gasteiger partial charge in [-0.15, -0.1) is 11.3 Å². The largest absolute Gasteiger partial charge is 0.350 e. The van der Waals surface area contributed by atoms with Crippen molar-refractivity contribution in [2.75, 3.05) is 0 Å².